The Morgan fingerprint density at radius 3 is 2.56 bits per heavy atom. The number of aromatic nitrogens is 2. The predicted molar refractivity (Wildman–Crippen MR) is 77.4 cm³/mol. The SMILES string of the molecule is CCc1nc(Br)cc(Oc2ccc(SC)cc2)n1. The molecule has 18 heavy (non-hydrogen) atoms. The van der Waals surface area contributed by atoms with Crippen LogP contribution in [0.3, 0.4) is 0 Å². The Hall–Kier alpha value is -1.07. The van der Waals surface area contributed by atoms with Crippen LogP contribution in [0.1, 0.15) is 12.7 Å². The molecule has 1 aromatic heterocycles. The molecule has 3 nitrogen and oxygen atoms in total. The summed E-state index contributed by atoms with van der Waals surface area (Å²) in [6, 6.07) is 9.69. The molecule has 94 valence electrons. The maximum absolute atomic E-state index is 5.71. The lowest BCUT2D eigenvalue weighted by atomic mass is 10.3. The molecule has 0 aliphatic rings. The van der Waals surface area contributed by atoms with Crippen molar-refractivity contribution < 1.29 is 4.74 Å². The van der Waals surface area contributed by atoms with Crippen LogP contribution in [0.4, 0.5) is 0 Å². The average Bonchev–Trinajstić information content (AvgIpc) is 2.39. The summed E-state index contributed by atoms with van der Waals surface area (Å²) in [7, 11) is 0. The molecule has 0 atom stereocenters. The lowest BCUT2D eigenvalue weighted by Gasteiger charge is -2.06. The van der Waals surface area contributed by atoms with Crippen LogP contribution in [0.15, 0.2) is 39.8 Å². The number of aryl methyl sites for hydroxylation is 1. The van der Waals surface area contributed by atoms with E-state index in [0.717, 1.165) is 22.6 Å². The number of hydrogen-bond acceptors (Lipinski definition) is 4. The van der Waals surface area contributed by atoms with Crippen molar-refractivity contribution in [2.45, 2.75) is 18.2 Å². The first-order valence-electron chi connectivity index (χ1n) is 5.56. The minimum atomic E-state index is 0.561. The van der Waals surface area contributed by atoms with E-state index >= 15 is 0 Å². The minimum absolute atomic E-state index is 0.561. The van der Waals surface area contributed by atoms with E-state index < -0.39 is 0 Å². The van der Waals surface area contributed by atoms with Gasteiger partial charge in [-0.1, -0.05) is 6.92 Å². The van der Waals surface area contributed by atoms with Gasteiger partial charge in [-0.25, -0.2) is 4.98 Å². The first kappa shape index (κ1) is 13.4. The zero-order chi connectivity index (χ0) is 13.0. The number of ether oxygens (including phenoxy) is 1. The van der Waals surface area contributed by atoms with Crippen LogP contribution in [-0.4, -0.2) is 16.2 Å². The van der Waals surface area contributed by atoms with Crippen molar-refractivity contribution in [2.75, 3.05) is 6.26 Å². The quantitative estimate of drug-likeness (QED) is 0.619. The third-order valence-corrected chi connectivity index (χ3v) is 3.47. The lowest BCUT2D eigenvalue weighted by Crippen LogP contribution is -1.96. The van der Waals surface area contributed by atoms with Gasteiger partial charge in [0.2, 0.25) is 5.88 Å². The number of hydrogen-bond donors (Lipinski definition) is 0. The van der Waals surface area contributed by atoms with E-state index in [1.807, 2.05) is 37.4 Å². The zero-order valence-electron chi connectivity index (χ0n) is 10.2. The molecule has 0 spiro atoms. The van der Waals surface area contributed by atoms with Gasteiger partial charge in [0.05, 0.1) is 0 Å². The molecule has 0 saturated carbocycles. The Morgan fingerprint density at radius 2 is 1.94 bits per heavy atom. The molecule has 0 N–H and O–H groups in total. The van der Waals surface area contributed by atoms with Crippen LogP contribution >= 0.6 is 27.7 Å². The fourth-order valence-electron chi connectivity index (χ4n) is 1.42. The summed E-state index contributed by atoms with van der Waals surface area (Å²) >= 11 is 5.06. The summed E-state index contributed by atoms with van der Waals surface area (Å²) in [5, 5.41) is 0. The second-order valence-electron chi connectivity index (χ2n) is 3.58. The van der Waals surface area contributed by atoms with Crippen molar-refractivity contribution in [3.63, 3.8) is 0 Å². The Balaban J connectivity index is 2.19. The standard InChI is InChI=1S/C13H13BrN2OS/c1-3-12-15-11(14)8-13(16-12)17-9-4-6-10(18-2)7-5-9/h4-8H,3H2,1-2H3. The monoisotopic (exact) mass is 324 g/mol. The van der Waals surface area contributed by atoms with Crippen LogP contribution in [0.5, 0.6) is 11.6 Å². The van der Waals surface area contributed by atoms with Gasteiger partial charge in [-0.15, -0.1) is 11.8 Å². The average molecular weight is 325 g/mol. The van der Waals surface area contributed by atoms with Crippen molar-refractivity contribution in [1.29, 1.82) is 0 Å². The van der Waals surface area contributed by atoms with Crippen molar-refractivity contribution in [3.8, 4) is 11.6 Å². The number of rotatable bonds is 4. The molecule has 0 fully saturated rings. The van der Waals surface area contributed by atoms with Crippen LogP contribution in [0, 0.1) is 0 Å². The van der Waals surface area contributed by atoms with Gasteiger partial charge in [0, 0.05) is 17.4 Å². The van der Waals surface area contributed by atoms with E-state index in [9.17, 15) is 0 Å². The first-order valence-corrected chi connectivity index (χ1v) is 7.58. The summed E-state index contributed by atoms with van der Waals surface area (Å²) in [6.07, 6.45) is 2.83. The smallest absolute Gasteiger partial charge is 0.223 e. The molecule has 1 heterocycles. The summed E-state index contributed by atoms with van der Waals surface area (Å²) in [4.78, 5) is 9.77. The fraction of sp³-hybridized carbons (Fsp3) is 0.231. The van der Waals surface area contributed by atoms with Gasteiger partial charge < -0.3 is 4.74 Å². The number of thioether (sulfide) groups is 1. The molecule has 0 bridgehead atoms. The van der Waals surface area contributed by atoms with Gasteiger partial charge in [0.1, 0.15) is 16.2 Å². The molecule has 2 rings (SSSR count). The lowest BCUT2D eigenvalue weighted by molar-refractivity contribution is 0.457. The highest BCUT2D eigenvalue weighted by molar-refractivity contribution is 9.10. The highest BCUT2D eigenvalue weighted by Crippen LogP contribution is 2.24. The molecule has 0 aliphatic carbocycles. The normalized spacial score (nSPS) is 10.4. The highest BCUT2D eigenvalue weighted by Gasteiger charge is 2.04. The van der Waals surface area contributed by atoms with E-state index in [2.05, 4.69) is 25.9 Å². The highest BCUT2D eigenvalue weighted by atomic mass is 79.9. The van der Waals surface area contributed by atoms with Crippen LogP contribution in [-0.2, 0) is 6.42 Å². The van der Waals surface area contributed by atoms with Gasteiger partial charge in [-0.3, -0.25) is 0 Å². The number of benzene rings is 1. The number of nitrogens with zero attached hydrogens (tertiary/aromatic N) is 2. The fourth-order valence-corrected chi connectivity index (χ4v) is 2.23. The Morgan fingerprint density at radius 1 is 1.22 bits per heavy atom. The second-order valence-corrected chi connectivity index (χ2v) is 5.27. The van der Waals surface area contributed by atoms with Crippen LogP contribution in [0.2, 0.25) is 0 Å². The van der Waals surface area contributed by atoms with E-state index in [4.69, 9.17) is 4.74 Å². The molecule has 2 aromatic rings. The van der Waals surface area contributed by atoms with Crippen molar-refractivity contribution >= 4 is 27.7 Å². The maximum Gasteiger partial charge on any atom is 0.223 e. The van der Waals surface area contributed by atoms with Gasteiger partial charge in [0.15, 0.2) is 0 Å². The zero-order valence-corrected chi connectivity index (χ0v) is 12.6. The van der Waals surface area contributed by atoms with Gasteiger partial charge in [-0.05, 0) is 46.5 Å². The topological polar surface area (TPSA) is 35.0 Å². The van der Waals surface area contributed by atoms with Crippen LogP contribution in [0.25, 0.3) is 0 Å². The molecular formula is C13H13BrN2OS. The molecule has 0 radical (unpaired) electrons. The van der Waals surface area contributed by atoms with Crippen molar-refractivity contribution in [2.24, 2.45) is 0 Å². The molecule has 0 saturated heterocycles. The van der Waals surface area contributed by atoms with E-state index in [0.29, 0.717) is 5.88 Å². The van der Waals surface area contributed by atoms with Crippen molar-refractivity contribution in [1.82, 2.24) is 9.97 Å². The largest absolute Gasteiger partial charge is 0.439 e. The molecule has 0 aliphatic heterocycles. The Labute approximate surface area is 119 Å². The van der Waals surface area contributed by atoms with Crippen LogP contribution < -0.4 is 4.74 Å². The van der Waals surface area contributed by atoms with E-state index in [-0.39, 0.29) is 0 Å². The van der Waals surface area contributed by atoms with Gasteiger partial charge >= 0.3 is 0 Å². The summed E-state index contributed by atoms with van der Waals surface area (Å²) in [5.74, 6) is 2.10. The maximum atomic E-state index is 5.71. The molecule has 1 aromatic carbocycles. The summed E-state index contributed by atoms with van der Waals surface area (Å²) in [6.45, 7) is 2.01. The van der Waals surface area contributed by atoms with Gasteiger partial charge in [-0.2, -0.15) is 4.98 Å². The first-order chi connectivity index (χ1) is 8.71. The summed E-state index contributed by atoms with van der Waals surface area (Å²) in [5.41, 5.74) is 0. The molecular weight excluding hydrogens is 312 g/mol. The Kier molecular flexibility index (Phi) is 4.60. The third kappa shape index (κ3) is 3.46. The third-order valence-electron chi connectivity index (χ3n) is 2.32. The Bertz CT molecular complexity index is 531. The minimum Gasteiger partial charge on any atom is -0.439 e. The van der Waals surface area contributed by atoms with Gasteiger partial charge in [0.25, 0.3) is 0 Å². The van der Waals surface area contributed by atoms with Crippen molar-refractivity contribution in [3.05, 3.63) is 40.8 Å². The summed E-state index contributed by atoms with van der Waals surface area (Å²) < 4.78 is 6.45. The molecule has 5 heteroatoms. The molecule has 0 unspecified atom stereocenters. The predicted octanol–water partition coefficient (Wildman–Crippen LogP) is 4.32. The molecule has 0 amide bonds. The van der Waals surface area contributed by atoms with E-state index in [1.165, 1.54) is 4.90 Å². The number of halogens is 1. The van der Waals surface area contributed by atoms with E-state index in [1.54, 1.807) is 17.8 Å². The second kappa shape index (κ2) is 6.20.